The van der Waals surface area contributed by atoms with Gasteiger partial charge in [-0.15, -0.1) is 20.0 Å². The van der Waals surface area contributed by atoms with Crippen molar-refractivity contribution in [3.63, 3.8) is 0 Å². The Kier molecular flexibility index (Phi) is 20.3. The lowest BCUT2D eigenvalue weighted by molar-refractivity contribution is -0.288. The van der Waals surface area contributed by atoms with Crippen LogP contribution in [0.5, 0.6) is 23.0 Å². The second-order valence-electron chi connectivity index (χ2n) is 15.4. The van der Waals surface area contributed by atoms with Crippen LogP contribution in [-0.2, 0) is 67.5 Å². The minimum Gasteiger partial charge on any atom is -0.497 e. The number of benzene rings is 3. The molecule has 1 amide bonds. The van der Waals surface area contributed by atoms with E-state index in [9.17, 15) is 32.4 Å². The number of hydrogen-bond donors (Lipinski definition) is 1. The number of anilines is 1. The molecule has 3 aromatic carbocycles. The molecule has 24 nitrogen and oxygen atoms in total. The molecule has 0 spiro atoms. The number of nitrogens with zero attached hydrogens (tertiary/aromatic N) is 4. The lowest BCUT2D eigenvalue weighted by atomic mass is 9.95. The number of hydrogen-bond acceptors (Lipinski definition) is 21. The number of fused-ring (bicyclic) bond motifs is 3. The number of esters is 4. The van der Waals surface area contributed by atoms with Crippen molar-refractivity contribution in [3.05, 3.63) is 64.0 Å². The molecule has 1 unspecified atom stereocenters. The minimum atomic E-state index is -5.16. The lowest BCUT2D eigenvalue weighted by Gasteiger charge is -2.43. The molecule has 3 aromatic rings. The Bertz CT molecular complexity index is 2510. The maximum atomic E-state index is 14.1. The fourth-order valence-electron chi connectivity index (χ4n) is 7.31. The van der Waals surface area contributed by atoms with Crippen molar-refractivity contribution in [2.24, 2.45) is 5.11 Å². The van der Waals surface area contributed by atoms with Crippen LogP contribution in [-0.4, -0.2) is 160 Å². The third-order valence-corrected chi connectivity index (χ3v) is 11.4. The molecule has 26 heteroatoms. The van der Waals surface area contributed by atoms with E-state index in [0.717, 1.165) is 39.3 Å². The van der Waals surface area contributed by atoms with E-state index in [2.05, 4.69) is 15.3 Å². The maximum absolute atomic E-state index is 14.1. The summed E-state index contributed by atoms with van der Waals surface area (Å²) in [7, 11) is -2.19. The Morgan fingerprint density at radius 1 is 0.800 bits per heavy atom. The number of methoxy groups -OCH3 is 1. The maximum Gasteiger partial charge on any atom is 0.501 e. The average molecular weight is 1020 g/mol. The van der Waals surface area contributed by atoms with Crippen LogP contribution < -0.4 is 23.2 Å². The minimum absolute atomic E-state index is 0.0801. The molecule has 0 aliphatic carbocycles. The molecule has 6 atom stereocenters. The number of halogens is 1. The van der Waals surface area contributed by atoms with E-state index in [-0.39, 0.29) is 75.8 Å². The highest BCUT2D eigenvalue weighted by Crippen LogP contribution is 2.44. The van der Waals surface area contributed by atoms with Crippen LogP contribution in [0.15, 0.2) is 47.6 Å². The van der Waals surface area contributed by atoms with Gasteiger partial charge >= 0.3 is 34.3 Å². The highest BCUT2D eigenvalue weighted by molar-refractivity contribution is 7.82. The third-order valence-electron chi connectivity index (χ3n) is 10.3. The number of ether oxygens (including phenoxy) is 10. The van der Waals surface area contributed by atoms with Gasteiger partial charge in [-0.1, -0.05) is 5.11 Å². The van der Waals surface area contributed by atoms with Gasteiger partial charge in [0.1, 0.15) is 18.5 Å². The molecular formula is C44H54ClN5O19S. The highest BCUT2D eigenvalue weighted by Gasteiger charge is 2.53. The van der Waals surface area contributed by atoms with Crippen molar-refractivity contribution in [1.29, 1.82) is 0 Å². The zero-order valence-electron chi connectivity index (χ0n) is 39.1. The SMILES string of the molecule is COc1ccc2c(OS(=O)(=O)Oc3cc(C(=O)N(C)CCOCCOCCOCCN=[N+]=[N-])ccc3OC3O[C@H](COC(C)=O)[C@H](OC(C)=O)[C@H](OC(C)=O)[C@H]3OC(C)=O)cc3c(c2c1)[C@H](CCl)CN3. The van der Waals surface area contributed by atoms with Gasteiger partial charge in [0.2, 0.25) is 12.4 Å². The number of carbonyl (C=O) groups excluding carboxylic acids is 5. The smallest absolute Gasteiger partial charge is 0.497 e. The van der Waals surface area contributed by atoms with E-state index in [1.807, 2.05) is 0 Å². The summed E-state index contributed by atoms with van der Waals surface area (Å²) in [6, 6.07) is 9.95. The molecule has 382 valence electrons. The Labute approximate surface area is 407 Å². The lowest BCUT2D eigenvalue weighted by Crippen LogP contribution is -2.63. The van der Waals surface area contributed by atoms with Gasteiger partial charge in [-0.2, -0.15) is 0 Å². The number of alkyl halides is 1. The Morgan fingerprint density at radius 2 is 1.44 bits per heavy atom. The van der Waals surface area contributed by atoms with Crippen LogP contribution in [0, 0.1) is 0 Å². The van der Waals surface area contributed by atoms with E-state index < -0.39 is 89.0 Å². The summed E-state index contributed by atoms with van der Waals surface area (Å²) < 4.78 is 95.2. The van der Waals surface area contributed by atoms with Crippen LogP contribution in [0.2, 0.25) is 0 Å². The van der Waals surface area contributed by atoms with Crippen LogP contribution in [0.25, 0.3) is 21.2 Å². The first-order valence-electron chi connectivity index (χ1n) is 21.6. The van der Waals surface area contributed by atoms with E-state index in [0.29, 0.717) is 28.8 Å². The first-order chi connectivity index (χ1) is 33.4. The van der Waals surface area contributed by atoms with Gasteiger partial charge in [0, 0.05) is 93.8 Å². The number of azide groups is 1. The summed E-state index contributed by atoms with van der Waals surface area (Å²) >= 11 is 6.31. The summed E-state index contributed by atoms with van der Waals surface area (Å²) in [5, 5.41) is 7.56. The zero-order chi connectivity index (χ0) is 51.0. The molecule has 0 radical (unpaired) electrons. The van der Waals surface area contributed by atoms with Crippen molar-refractivity contribution >= 4 is 68.2 Å². The molecule has 0 saturated carbocycles. The van der Waals surface area contributed by atoms with E-state index >= 15 is 0 Å². The third kappa shape index (κ3) is 15.3. The molecule has 5 rings (SSSR count). The topological polar surface area (TPSA) is 294 Å². The number of rotatable bonds is 26. The molecule has 2 aliphatic heterocycles. The predicted molar refractivity (Wildman–Crippen MR) is 245 cm³/mol. The molecule has 0 aromatic heterocycles. The van der Waals surface area contributed by atoms with Crippen molar-refractivity contribution in [2.75, 3.05) is 91.2 Å². The molecule has 2 heterocycles. The Hall–Kier alpha value is -6.34. The van der Waals surface area contributed by atoms with Crippen molar-refractivity contribution in [3.8, 4) is 23.0 Å². The first-order valence-corrected chi connectivity index (χ1v) is 23.5. The molecule has 2 aliphatic rings. The van der Waals surface area contributed by atoms with Gasteiger partial charge in [-0.25, -0.2) is 0 Å². The van der Waals surface area contributed by atoms with Gasteiger partial charge in [0.15, 0.2) is 29.5 Å². The fourth-order valence-corrected chi connectivity index (χ4v) is 8.31. The molecule has 0 bridgehead atoms. The van der Waals surface area contributed by atoms with Gasteiger partial charge in [0.05, 0.1) is 46.8 Å². The Morgan fingerprint density at radius 3 is 2.09 bits per heavy atom. The fraction of sp³-hybridized carbons (Fsp3) is 0.523. The first kappa shape index (κ1) is 54.6. The van der Waals surface area contributed by atoms with E-state index in [4.69, 9.17) is 72.9 Å². The standard InChI is InChI=1S/C44H54ClN5O19S/c1-25(51)62-24-38-40(63-26(2)52)41(64-27(3)53)42(65-28(4)54)44(67-38)66-35-10-7-29(43(55)50(5)12-14-60-16-18-61-17-15-59-13-11-48-49-46)19-37(35)69-70(56,57)68-36-21-34-39(30(22-45)23-47-34)33-20-31(58-6)8-9-32(33)36/h7-10,19-21,30,38,40-42,44,47H,11-18,22-24H2,1-6H3/t30-,38-,40+,41+,42-,44?/m1/s1. The second kappa shape index (κ2) is 26.0. The van der Waals surface area contributed by atoms with Gasteiger partial charge in [0.25, 0.3) is 5.91 Å². The molecule has 70 heavy (non-hydrogen) atoms. The highest BCUT2D eigenvalue weighted by atomic mass is 35.5. The van der Waals surface area contributed by atoms with E-state index in [1.54, 1.807) is 18.2 Å². The van der Waals surface area contributed by atoms with Crippen LogP contribution in [0.3, 0.4) is 0 Å². The quantitative estimate of drug-likeness (QED) is 0.0224. The summed E-state index contributed by atoms with van der Waals surface area (Å²) in [6.07, 6.45) is -8.15. The molecule has 1 saturated heterocycles. The van der Waals surface area contributed by atoms with Crippen LogP contribution in [0.1, 0.15) is 49.5 Å². The van der Waals surface area contributed by atoms with Crippen LogP contribution in [0.4, 0.5) is 5.69 Å². The normalized spacial score (nSPS) is 19.4. The number of likely N-dealkylation sites (N-methyl/N-ethyl adjacent to an activating group) is 1. The molecule has 1 fully saturated rings. The second-order valence-corrected chi connectivity index (χ2v) is 16.9. The van der Waals surface area contributed by atoms with Crippen molar-refractivity contribution < 1.29 is 88.1 Å². The molecule has 1 N–H and O–H groups in total. The number of carbonyl (C=O) groups is 5. The van der Waals surface area contributed by atoms with Gasteiger partial charge in [-0.05, 0) is 52.9 Å². The Balaban J connectivity index is 1.46. The summed E-state index contributed by atoms with van der Waals surface area (Å²) in [6.45, 7) is 5.73. The summed E-state index contributed by atoms with van der Waals surface area (Å²) in [4.78, 5) is 67.0. The monoisotopic (exact) mass is 1020 g/mol. The average Bonchev–Trinajstić information content (AvgIpc) is 3.73. The van der Waals surface area contributed by atoms with Crippen molar-refractivity contribution in [2.45, 2.75) is 64.3 Å². The van der Waals surface area contributed by atoms with Crippen LogP contribution >= 0.6 is 11.6 Å². The number of nitrogens with one attached hydrogen (secondary N) is 1. The summed E-state index contributed by atoms with van der Waals surface area (Å²) in [5.74, 6) is -4.65. The summed E-state index contributed by atoms with van der Waals surface area (Å²) in [5.41, 5.74) is 9.59. The van der Waals surface area contributed by atoms with E-state index in [1.165, 1.54) is 37.3 Å². The van der Waals surface area contributed by atoms with Gasteiger partial charge < -0.3 is 66.0 Å². The molecular weight excluding hydrogens is 970 g/mol. The largest absolute Gasteiger partial charge is 0.501 e. The van der Waals surface area contributed by atoms with Crippen molar-refractivity contribution in [1.82, 2.24) is 4.90 Å². The number of amides is 1. The zero-order valence-corrected chi connectivity index (χ0v) is 40.7. The van der Waals surface area contributed by atoms with Gasteiger partial charge in [-0.3, -0.25) is 24.0 Å². The predicted octanol–water partition coefficient (Wildman–Crippen LogP) is 4.19.